The molecule has 0 saturated heterocycles. The summed E-state index contributed by atoms with van der Waals surface area (Å²) < 4.78 is 29.2. The summed E-state index contributed by atoms with van der Waals surface area (Å²) >= 11 is 6.06. The third-order valence-corrected chi connectivity index (χ3v) is 8.21. The monoisotopic (exact) mass is 532 g/mol. The second-order valence-electron chi connectivity index (χ2n) is 9.20. The Kier molecular flexibility index (Phi) is 7.71. The molecule has 0 aliphatic heterocycles. The topological polar surface area (TPSA) is 66.5 Å². The van der Waals surface area contributed by atoms with E-state index in [9.17, 15) is 13.2 Å². The van der Waals surface area contributed by atoms with Crippen LogP contribution < -0.4 is 9.62 Å². The number of amides is 1. The quantitative estimate of drug-likeness (QED) is 0.273. The zero-order valence-electron chi connectivity index (χ0n) is 21.2. The molecule has 0 radical (unpaired) electrons. The maximum Gasteiger partial charge on any atom is 0.264 e. The van der Waals surface area contributed by atoms with E-state index in [1.807, 2.05) is 39.8 Å². The molecule has 0 bridgehead atoms. The van der Waals surface area contributed by atoms with Crippen LogP contribution in [0.25, 0.3) is 0 Å². The molecule has 4 aromatic carbocycles. The lowest BCUT2D eigenvalue weighted by molar-refractivity contribution is 0.102. The lowest BCUT2D eigenvalue weighted by atomic mass is 10.0. The largest absolute Gasteiger partial charge is 0.321 e. The highest BCUT2D eigenvalue weighted by molar-refractivity contribution is 7.92. The van der Waals surface area contributed by atoms with Gasteiger partial charge in [-0.15, -0.1) is 0 Å². The molecular formula is C30H29ClN2O3S. The number of anilines is 2. The smallest absolute Gasteiger partial charge is 0.264 e. The molecule has 0 spiro atoms. The summed E-state index contributed by atoms with van der Waals surface area (Å²) in [6.07, 6.45) is 0. The Hall–Kier alpha value is -3.61. The molecule has 1 N–H and O–H groups in total. The van der Waals surface area contributed by atoms with Gasteiger partial charge in [0.1, 0.15) is 0 Å². The summed E-state index contributed by atoms with van der Waals surface area (Å²) in [6, 6.07) is 24.4. The van der Waals surface area contributed by atoms with Crippen LogP contribution in [0, 0.1) is 27.7 Å². The van der Waals surface area contributed by atoms with Crippen LogP contribution in [0.1, 0.15) is 38.2 Å². The number of rotatable bonds is 7. The third-order valence-electron chi connectivity index (χ3n) is 6.18. The molecule has 0 heterocycles. The van der Waals surface area contributed by atoms with E-state index >= 15 is 0 Å². The van der Waals surface area contributed by atoms with Gasteiger partial charge in [-0.1, -0.05) is 71.3 Å². The van der Waals surface area contributed by atoms with Crippen LogP contribution in [-0.4, -0.2) is 14.3 Å². The van der Waals surface area contributed by atoms with Gasteiger partial charge < -0.3 is 5.32 Å². The fraction of sp³-hybridized carbons (Fsp3) is 0.167. The van der Waals surface area contributed by atoms with Gasteiger partial charge in [0.25, 0.3) is 15.9 Å². The average Bonchev–Trinajstić information content (AvgIpc) is 2.86. The summed E-state index contributed by atoms with van der Waals surface area (Å²) in [4.78, 5) is 13.7. The molecule has 7 heteroatoms. The van der Waals surface area contributed by atoms with Crippen molar-refractivity contribution in [3.8, 4) is 0 Å². The van der Waals surface area contributed by atoms with E-state index in [1.165, 1.54) is 4.31 Å². The van der Waals surface area contributed by atoms with Gasteiger partial charge in [-0.25, -0.2) is 8.42 Å². The number of para-hydroxylation sites is 1. The second-order valence-corrected chi connectivity index (χ2v) is 11.5. The molecule has 0 atom stereocenters. The highest BCUT2D eigenvalue weighted by atomic mass is 35.5. The first-order valence-electron chi connectivity index (χ1n) is 11.9. The zero-order valence-corrected chi connectivity index (χ0v) is 22.8. The van der Waals surface area contributed by atoms with Crippen molar-refractivity contribution in [1.29, 1.82) is 0 Å². The number of aryl methyl sites for hydroxylation is 4. The molecule has 0 unspecified atom stereocenters. The normalized spacial score (nSPS) is 11.3. The van der Waals surface area contributed by atoms with Crippen LogP contribution in [0.2, 0.25) is 5.02 Å². The van der Waals surface area contributed by atoms with Gasteiger partial charge in [0.15, 0.2) is 0 Å². The number of halogens is 1. The van der Waals surface area contributed by atoms with Gasteiger partial charge in [0.2, 0.25) is 0 Å². The highest BCUT2D eigenvalue weighted by Gasteiger charge is 2.29. The number of sulfonamides is 1. The molecule has 0 aliphatic rings. The van der Waals surface area contributed by atoms with Crippen molar-refractivity contribution < 1.29 is 13.2 Å². The molecule has 0 saturated carbocycles. The first-order valence-corrected chi connectivity index (χ1v) is 13.7. The molecule has 0 aliphatic carbocycles. The fourth-order valence-electron chi connectivity index (χ4n) is 4.33. The lowest BCUT2D eigenvalue weighted by Gasteiger charge is -2.27. The Morgan fingerprint density at radius 2 is 1.41 bits per heavy atom. The minimum atomic E-state index is -4.01. The fourth-order valence-corrected chi connectivity index (χ4v) is 5.93. The van der Waals surface area contributed by atoms with Gasteiger partial charge in [0.05, 0.1) is 22.7 Å². The Bertz CT molecular complexity index is 1520. The Morgan fingerprint density at radius 1 is 0.811 bits per heavy atom. The van der Waals surface area contributed by atoms with E-state index < -0.39 is 10.0 Å². The van der Waals surface area contributed by atoms with Crippen LogP contribution >= 0.6 is 11.6 Å². The van der Waals surface area contributed by atoms with Crippen molar-refractivity contribution in [1.82, 2.24) is 0 Å². The number of benzene rings is 4. The van der Waals surface area contributed by atoms with Crippen molar-refractivity contribution in [2.24, 2.45) is 0 Å². The molecule has 0 fully saturated rings. The van der Waals surface area contributed by atoms with E-state index in [0.717, 1.165) is 33.5 Å². The first kappa shape index (κ1) is 26.5. The Balaban J connectivity index is 1.81. The molecule has 4 aromatic rings. The molecular weight excluding hydrogens is 504 g/mol. The van der Waals surface area contributed by atoms with E-state index in [0.29, 0.717) is 5.02 Å². The van der Waals surface area contributed by atoms with Crippen molar-refractivity contribution in [2.45, 2.75) is 39.1 Å². The number of hydrogen-bond acceptors (Lipinski definition) is 3. The average molecular weight is 533 g/mol. The SMILES string of the molecule is Cc1ccc(S(=O)(=O)N(Cc2ccc(Cl)cc2)c2ccccc2C(=O)Nc2c(C)cc(C)cc2C)cc1. The molecule has 0 aromatic heterocycles. The number of hydrogen-bond donors (Lipinski definition) is 1. The van der Waals surface area contributed by atoms with E-state index in [1.54, 1.807) is 72.8 Å². The lowest BCUT2D eigenvalue weighted by Crippen LogP contribution is -2.32. The first-order chi connectivity index (χ1) is 17.6. The summed E-state index contributed by atoms with van der Waals surface area (Å²) in [5.74, 6) is -0.383. The minimum Gasteiger partial charge on any atom is -0.321 e. The molecule has 37 heavy (non-hydrogen) atoms. The van der Waals surface area contributed by atoms with Crippen molar-refractivity contribution in [2.75, 3.05) is 9.62 Å². The van der Waals surface area contributed by atoms with Crippen LogP contribution in [-0.2, 0) is 16.6 Å². The predicted molar refractivity (Wildman–Crippen MR) is 151 cm³/mol. The van der Waals surface area contributed by atoms with Crippen molar-refractivity contribution >= 4 is 38.9 Å². The number of carbonyl (C=O) groups excluding carboxylic acids is 1. The third kappa shape index (κ3) is 5.87. The highest BCUT2D eigenvalue weighted by Crippen LogP contribution is 2.31. The van der Waals surface area contributed by atoms with Gasteiger partial charge in [-0.3, -0.25) is 9.10 Å². The van der Waals surface area contributed by atoms with Gasteiger partial charge >= 0.3 is 0 Å². The number of nitrogens with zero attached hydrogens (tertiary/aromatic N) is 1. The Labute approximate surface area is 223 Å². The maximum atomic E-state index is 14.0. The molecule has 190 valence electrons. The summed E-state index contributed by atoms with van der Waals surface area (Å²) in [7, 11) is -4.01. The van der Waals surface area contributed by atoms with Crippen LogP contribution in [0.4, 0.5) is 11.4 Å². The van der Waals surface area contributed by atoms with Crippen molar-refractivity contribution in [3.05, 3.63) is 123 Å². The minimum absolute atomic E-state index is 0.0280. The van der Waals surface area contributed by atoms with E-state index in [-0.39, 0.29) is 28.6 Å². The number of carbonyl (C=O) groups is 1. The predicted octanol–water partition coefficient (Wildman–Crippen LogP) is 7.22. The van der Waals surface area contributed by atoms with Crippen LogP contribution in [0.15, 0.2) is 89.8 Å². The molecule has 5 nitrogen and oxygen atoms in total. The zero-order chi connectivity index (χ0) is 26.7. The van der Waals surface area contributed by atoms with Crippen molar-refractivity contribution in [3.63, 3.8) is 0 Å². The molecule has 4 rings (SSSR count). The van der Waals surface area contributed by atoms with Gasteiger partial charge in [-0.2, -0.15) is 0 Å². The maximum absolute atomic E-state index is 14.0. The number of nitrogens with one attached hydrogen (secondary N) is 1. The summed E-state index contributed by atoms with van der Waals surface area (Å²) in [5, 5.41) is 3.57. The van der Waals surface area contributed by atoms with Crippen LogP contribution in [0.5, 0.6) is 0 Å². The van der Waals surface area contributed by atoms with Gasteiger partial charge in [0, 0.05) is 10.7 Å². The summed E-state index contributed by atoms with van der Waals surface area (Å²) in [6.45, 7) is 7.81. The van der Waals surface area contributed by atoms with E-state index in [2.05, 4.69) is 5.32 Å². The summed E-state index contributed by atoms with van der Waals surface area (Å²) in [5.41, 5.74) is 5.93. The Morgan fingerprint density at radius 3 is 2.03 bits per heavy atom. The second kappa shape index (κ2) is 10.8. The van der Waals surface area contributed by atoms with Crippen LogP contribution in [0.3, 0.4) is 0 Å². The van der Waals surface area contributed by atoms with E-state index in [4.69, 9.17) is 11.6 Å². The standard InChI is InChI=1S/C30H29ClN2O3S/c1-20-9-15-26(16-10-20)37(35,36)33(19-24-11-13-25(31)14-12-24)28-8-6-5-7-27(28)30(34)32-29-22(3)17-21(2)18-23(29)4/h5-18H,19H2,1-4H3,(H,32,34). The van der Waals surface area contributed by atoms with Gasteiger partial charge in [-0.05, 0) is 80.8 Å². The molecule has 1 amide bonds.